The zero-order chi connectivity index (χ0) is 13.9. The summed E-state index contributed by atoms with van der Waals surface area (Å²) in [5.41, 5.74) is 0. The van der Waals surface area contributed by atoms with Crippen molar-refractivity contribution in [1.29, 1.82) is 0 Å². The van der Waals surface area contributed by atoms with Gasteiger partial charge in [-0.3, -0.25) is 4.90 Å². The maximum absolute atomic E-state index is 4.54. The first kappa shape index (κ1) is 13.6. The summed E-state index contributed by atoms with van der Waals surface area (Å²) in [6.45, 7) is 5.65. The number of aromatic nitrogens is 2. The maximum atomic E-state index is 4.54. The lowest BCUT2D eigenvalue weighted by Crippen LogP contribution is -2.35. The fourth-order valence-corrected chi connectivity index (χ4v) is 3.42. The van der Waals surface area contributed by atoms with Crippen molar-refractivity contribution in [3.8, 4) is 0 Å². The SMILES string of the molecule is CNc1nc(NCC(C)N2CCCC2)c2ccsc2n1. The van der Waals surface area contributed by atoms with Crippen LogP contribution in [0.25, 0.3) is 10.2 Å². The van der Waals surface area contributed by atoms with Gasteiger partial charge in [0.2, 0.25) is 5.95 Å². The molecule has 1 unspecified atom stereocenters. The molecule has 108 valence electrons. The van der Waals surface area contributed by atoms with Gasteiger partial charge in [-0.15, -0.1) is 11.3 Å². The summed E-state index contributed by atoms with van der Waals surface area (Å²) in [5, 5.41) is 9.70. The molecule has 3 heterocycles. The van der Waals surface area contributed by atoms with E-state index in [0.717, 1.165) is 22.6 Å². The van der Waals surface area contributed by atoms with Crippen molar-refractivity contribution in [2.24, 2.45) is 0 Å². The third kappa shape index (κ3) is 2.71. The van der Waals surface area contributed by atoms with Crippen LogP contribution in [0.1, 0.15) is 19.8 Å². The molecule has 0 spiro atoms. The molecule has 20 heavy (non-hydrogen) atoms. The lowest BCUT2D eigenvalue weighted by Gasteiger charge is -2.24. The van der Waals surface area contributed by atoms with E-state index >= 15 is 0 Å². The molecule has 6 heteroatoms. The Morgan fingerprint density at radius 3 is 2.90 bits per heavy atom. The number of anilines is 2. The lowest BCUT2D eigenvalue weighted by molar-refractivity contribution is 0.269. The van der Waals surface area contributed by atoms with Crippen molar-refractivity contribution in [2.45, 2.75) is 25.8 Å². The second kappa shape index (κ2) is 5.93. The van der Waals surface area contributed by atoms with E-state index < -0.39 is 0 Å². The van der Waals surface area contributed by atoms with Crippen LogP contribution in [0.2, 0.25) is 0 Å². The summed E-state index contributed by atoms with van der Waals surface area (Å²) in [6, 6.07) is 2.63. The standard InChI is InChI=1S/C14H21N5S/c1-10(19-6-3-4-7-19)9-16-12-11-5-8-20-13(11)18-14(15-2)17-12/h5,8,10H,3-4,6-7,9H2,1-2H3,(H2,15,16,17,18). The average molecular weight is 291 g/mol. The summed E-state index contributed by atoms with van der Waals surface area (Å²) in [4.78, 5) is 12.6. The minimum Gasteiger partial charge on any atom is -0.368 e. The van der Waals surface area contributed by atoms with Crippen molar-refractivity contribution in [1.82, 2.24) is 14.9 Å². The van der Waals surface area contributed by atoms with E-state index in [-0.39, 0.29) is 0 Å². The van der Waals surface area contributed by atoms with E-state index in [2.05, 4.69) is 43.9 Å². The smallest absolute Gasteiger partial charge is 0.225 e. The van der Waals surface area contributed by atoms with Gasteiger partial charge in [-0.05, 0) is 44.3 Å². The largest absolute Gasteiger partial charge is 0.368 e. The molecule has 1 fully saturated rings. The van der Waals surface area contributed by atoms with E-state index in [0.29, 0.717) is 12.0 Å². The zero-order valence-electron chi connectivity index (χ0n) is 12.0. The van der Waals surface area contributed by atoms with Crippen LogP contribution >= 0.6 is 11.3 Å². The van der Waals surface area contributed by atoms with Gasteiger partial charge in [0.1, 0.15) is 10.6 Å². The summed E-state index contributed by atoms with van der Waals surface area (Å²) in [5.74, 6) is 1.61. The predicted octanol–water partition coefficient (Wildman–Crippen LogP) is 2.63. The highest BCUT2D eigenvalue weighted by Gasteiger charge is 2.18. The Hall–Kier alpha value is -1.40. The van der Waals surface area contributed by atoms with E-state index in [1.807, 2.05) is 7.05 Å². The van der Waals surface area contributed by atoms with E-state index in [1.165, 1.54) is 25.9 Å². The number of likely N-dealkylation sites (tertiary alicyclic amines) is 1. The quantitative estimate of drug-likeness (QED) is 0.887. The Morgan fingerprint density at radius 1 is 1.35 bits per heavy atom. The monoisotopic (exact) mass is 291 g/mol. The average Bonchev–Trinajstić information content (AvgIpc) is 3.14. The van der Waals surface area contributed by atoms with Gasteiger partial charge in [-0.2, -0.15) is 4.98 Å². The number of hydrogen-bond donors (Lipinski definition) is 2. The number of nitrogens with zero attached hydrogens (tertiary/aromatic N) is 3. The lowest BCUT2D eigenvalue weighted by atomic mass is 10.3. The van der Waals surface area contributed by atoms with Crippen molar-refractivity contribution in [3.05, 3.63) is 11.4 Å². The third-order valence-corrected chi connectivity index (χ3v) is 4.68. The Kier molecular flexibility index (Phi) is 4.03. The predicted molar refractivity (Wildman–Crippen MR) is 85.7 cm³/mol. The van der Waals surface area contributed by atoms with Crippen LogP contribution in [0.4, 0.5) is 11.8 Å². The van der Waals surface area contributed by atoms with Gasteiger partial charge in [0.05, 0.1) is 5.39 Å². The van der Waals surface area contributed by atoms with Gasteiger partial charge in [-0.25, -0.2) is 4.98 Å². The summed E-state index contributed by atoms with van der Waals surface area (Å²) in [6.07, 6.45) is 2.66. The normalized spacial score (nSPS) is 17.5. The zero-order valence-corrected chi connectivity index (χ0v) is 12.8. The molecule has 1 saturated heterocycles. The Bertz CT molecular complexity index is 576. The molecule has 2 aromatic rings. The van der Waals surface area contributed by atoms with Crippen molar-refractivity contribution in [3.63, 3.8) is 0 Å². The number of thiophene rings is 1. The molecule has 1 atom stereocenters. The second-order valence-electron chi connectivity index (χ2n) is 5.26. The third-order valence-electron chi connectivity index (χ3n) is 3.88. The van der Waals surface area contributed by atoms with Crippen LogP contribution in [0, 0.1) is 0 Å². The fraction of sp³-hybridized carbons (Fsp3) is 0.571. The number of nitrogens with one attached hydrogen (secondary N) is 2. The highest BCUT2D eigenvalue weighted by atomic mass is 32.1. The fourth-order valence-electron chi connectivity index (χ4n) is 2.66. The van der Waals surface area contributed by atoms with Crippen LogP contribution in [0.15, 0.2) is 11.4 Å². The van der Waals surface area contributed by atoms with Crippen LogP contribution in [-0.2, 0) is 0 Å². The molecule has 1 aliphatic rings. The molecule has 0 saturated carbocycles. The minimum absolute atomic E-state index is 0.541. The molecule has 0 aliphatic carbocycles. The number of rotatable bonds is 5. The van der Waals surface area contributed by atoms with Crippen molar-refractivity contribution >= 4 is 33.3 Å². The first-order valence-electron chi connectivity index (χ1n) is 7.19. The Balaban J connectivity index is 1.74. The van der Waals surface area contributed by atoms with E-state index in [4.69, 9.17) is 0 Å². The number of fused-ring (bicyclic) bond motifs is 1. The highest BCUT2D eigenvalue weighted by Crippen LogP contribution is 2.26. The van der Waals surface area contributed by atoms with Gasteiger partial charge >= 0.3 is 0 Å². The van der Waals surface area contributed by atoms with Gasteiger partial charge in [-0.1, -0.05) is 0 Å². The maximum Gasteiger partial charge on any atom is 0.225 e. The molecule has 2 aromatic heterocycles. The Labute approximate surface area is 123 Å². The van der Waals surface area contributed by atoms with Crippen LogP contribution in [0.3, 0.4) is 0 Å². The molecule has 0 bridgehead atoms. The summed E-state index contributed by atoms with van der Waals surface area (Å²) >= 11 is 1.65. The van der Waals surface area contributed by atoms with E-state index in [1.54, 1.807) is 11.3 Å². The molecular formula is C14H21N5S. The first-order valence-corrected chi connectivity index (χ1v) is 8.07. The van der Waals surface area contributed by atoms with Gasteiger partial charge in [0.15, 0.2) is 0 Å². The second-order valence-corrected chi connectivity index (χ2v) is 6.15. The molecule has 0 aromatic carbocycles. The van der Waals surface area contributed by atoms with Crippen molar-refractivity contribution in [2.75, 3.05) is 37.3 Å². The molecule has 0 radical (unpaired) electrons. The first-order chi connectivity index (χ1) is 9.78. The molecule has 3 rings (SSSR count). The van der Waals surface area contributed by atoms with Gasteiger partial charge < -0.3 is 10.6 Å². The summed E-state index contributed by atoms with van der Waals surface area (Å²) < 4.78 is 0. The van der Waals surface area contributed by atoms with Crippen molar-refractivity contribution < 1.29 is 0 Å². The van der Waals surface area contributed by atoms with Gasteiger partial charge in [0.25, 0.3) is 0 Å². The minimum atomic E-state index is 0.541. The Morgan fingerprint density at radius 2 is 2.15 bits per heavy atom. The highest BCUT2D eigenvalue weighted by molar-refractivity contribution is 7.16. The number of hydrogen-bond acceptors (Lipinski definition) is 6. The van der Waals surface area contributed by atoms with Crippen LogP contribution in [0.5, 0.6) is 0 Å². The summed E-state index contributed by atoms with van der Waals surface area (Å²) in [7, 11) is 1.85. The van der Waals surface area contributed by atoms with Crippen LogP contribution < -0.4 is 10.6 Å². The molecular weight excluding hydrogens is 270 g/mol. The molecule has 2 N–H and O–H groups in total. The van der Waals surface area contributed by atoms with Crippen LogP contribution in [-0.4, -0.2) is 47.6 Å². The van der Waals surface area contributed by atoms with Gasteiger partial charge in [0, 0.05) is 19.6 Å². The molecule has 1 aliphatic heterocycles. The molecule has 5 nitrogen and oxygen atoms in total. The topological polar surface area (TPSA) is 53.1 Å². The van der Waals surface area contributed by atoms with E-state index in [9.17, 15) is 0 Å². The molecule has 0 amide bonds.